The fourth-order valence-electron chi connectivity index (χ4n) is 3.58. The summed E-state index contributed by atoms with van der Waals surface area (Å²) in [5, 5.41) is 13.9. The molecule has 0 fully saturated rings. The molecule has 1 amide bonds. The monoisotopic (exact) mass is 425 g/mol. The molecule has 0 aliphatic rings. The number of benzene rings is 3. The molecule has 0 aliphatic heterocycles. The smallest absolute Gasteiger partial charge is 0.266 e. The first-order chi connectivity index (χ1) is 15.1. The Labute approximate surface area is 186 Å². The van der Waals surface area contributed by atoms with E-state index in [-0.39, 0.29) is 5.57 Å². The van der Waals surface area contributed by atoms with Crippen molar-refractivity contribution in [3.05, 3.63) is 106 Å². The summed E-state index contributed by atoms with van der Waals surface area (Å²) in [4.78, 5) is 12.8. The number of carbonyl (C=O) groups excluding carboxylic acids is 1. The molecule has 5 heteroatoms. The second-order valence-electron chi connectivity index (χ2n) is 7.27. The Morgan fingerprint density at radius 2 is 1.81 bits per heavy atom. The number of hydrogen-bond donors (Lipinski definition) is 1. The molecule has 1 N–H and O–H groups in total. The highest BCUT2D eigenvalue weighted by molar-refractivity contribution is 6.34. The fourth-order valence-corrected chi connectivity index (χ4v) is 3.85. The molecule has 0 saturated heterocycles. The van der Waals surface area contributed by atoms with Crippen LogP contribution in [0.5, 0.6) is 0 Å². The zero-order chi connectivity index (χ0) is 21.8. The summed E-state index contributed by atoms with van der Waals surface area (Å²) in [5.74, 6) is -0.487. The van der Waals surface area contributed by atoms with Gasteiger partial charge in [0.1, 0.15) is 11.6 Å². The van der Waals surface area contributed by atoms with Crippen LogP contribution < -0.4 is 5.32 Å². The summed E-state index contributed by atoms with van der Waals surface area (Å²) in [6.07, 6.45) is 3.61. The summed E-state index contributed by atoms with van der Waals surface area (Å²) in [6.45, 7) is 2.55. The molecule has 1 aromatic heterocycles. The van der Waals surface area contributed by atoms with E-state index in [0.29, 0.717) is 17.3 Å². The molecule has 3 aromatic carbocycles. The maximum atomic E-state index is 12.8. The van der Waals surface area contributed by atoms with Crippen molar-refractivity contribution in [2.75, 3.05) is 5.32 Å². The number of hydrogen-bond acceptors (Lipinski definition) is 2. The normalized spacial score (nSPS) is 11.3. The highest BCUT2D eigenvalue weighted by Gasteiger charge is 2.15. The summed E-state index contributed by atoms with van der Waals surface area (Å²) in [5.41, 5.74) is 4.39. The lowest BCUT2D eigenvalue weighted by atomic mass is 10.1. The van der Waals surface area contributed by atoms with Crippen LogP contribution in [0.1, 0.15) is 16.7 Å². The number of aryl methyl sites for hydroxylation is 1. The molecule has 152 valence electrons. The second-order valence-corrected chi connectivity index (χ2v) is 7.68. The Balaban J connectivity index is 1.70. The van der Waals surface area contributed by atoms with Gasteiger partial charge in [-0.2, -0.15) is 5.26 Å². The maximum absolute atomic E-state index is 12.8. The number of fused-ring (bicyclic) bond motifs is 1. The molecule has 4 nitrogen and oxygen atoms in total. The van der Waals surface area contributed by atoms with Gasteiger partial charge in [0.2, 0.25) is 0 Å². The Morgan fingerprint density at radius 3 is 2.55 bits per heavy atom. The third-order valence-corrected chi connectivity index (χ3v) is 5.46. The van der Waals surface area contributed by atoms with Crippen LogP contribution in [0.15, 0.2) is 84.6 Å². The van der Waals surface area contributed by atoms with Crippen molar-refractivity contribution in [2.24, 2.45) is 0 Å². The lowest BCUT2D eigenvalue weighted by Gasteiger charge is -2.09. The lowest BCUT2D eigenvalue weighted by Crippen LogP contribution is -2.14. The third kappa shape index (κ3) is 4.37. The predicted molar refractivity (Wildman–Crippen MR) is 126 cm³/mol. The Kier molecular flexibility index (Phi) is 5.88. The summed E-state index contributed by atoms with van der Waals surface area (Å²) < 4.78 is 2.13. The van der Waals surface area contributed by atoms with E-state index in [1.165, 1.54) is 5.56 Å². The molecule has 0 atom stereocenters. The van der Waals surface area contributed by atoms with Crippen molar-refractivity contribution >= 4 is 40.2 Å². The van der Waals surface area contributed by atoms with Gasteiger partial charge >= 0.3 is 0 Å². The van der Waals surface area contributed by atoms with Crippen molar-refractivity contribution in [3.63, 3.8) is 0 Å². The highest BCUT2D eigenvalue weighted by atomic mass is 35.5. The summed E-state index contributed by atoms with van der Waals surface area (Å²) in [6, 6.07) is 25.5. The van der Waals surface area contributed by atoms with Crippen LogP contribution in [0.4, 0.5) is 5.69 Å². The minimum atomic E-state index is -0.487. The predicted octanol–water partition coefficient (Wildman–Crippen LogP) is 6.20. The number of nitriles is 1. The quantitative estimate of drug-likeness (QED) is 0.306. The lowest BCUT2D eigenvalue weighted by molar-refractivity contribution is -0.112. The van der Waals surface area contributed by atoms with Gasteiger partial charge in [0.15, 0.2) is 0 Å². The molecule has 4 rings (SSSR count). The van der Waals surface area contributed by atoms with Gasteiger partial charge in [0.05, 0.1) is 10.7 Å². The van der Waals surface area contributed by atoms with Gasteiger partial charge in [0.25, 0.3) is 5.91 Å². The Hall–Kier alpha value is -3.81. The number of aromatic nitrogens is 1. The Bertz CT molecular complexity index is 1310. The van der Waals surface area contributed by atoms with Gasteiger partial charge in [-0.1, -0.05) is 72.3 Å². The molecule has 0 spiro atoms. The minimum Gasteiger partial charge on any atom is -0.342 e. The number of anilines is 1. The number of halogens is 1. The first-order valence-electron chi connectivity index (χ1n) is 9.87. The number of carbonyl (C=O) groups is 1. The zero-order valence-corrected chi connectivity index (χ0v) is 17.7. The standard InChI is InChI=1S/C26H20ClN3O/c1-18-8-7-12-23(27)25(18)29-26(31)20(15-28)14-21-17-30(16-19-9-3-2-4-10-19)24-13-6-5-11-22(21)24/h2-14,17H,16H2,1H3,(H,29,31)/b20-14+. The van der Waals surface area contributed by atoms with Crippen LogP contribution in [-0.2, 0) is 11.3 Å². The topological polar surface area (TPSA) is 57.8 Å². The molecule has 0 aliphatic carbocycles. The number of nitrogens with zero attached hydrogens (tertiary/aromatic N) is 2. The first-order valence-corrected chi connectivity index (χ1v) is 10.2. The van der Waals surface area contributed by atoms with E-state index < -0.39 is 5.91 Å². The van der Waals surface area contributed by atoms with Crippen molar-refractivity contribution in [1.29, 1.82) is 5.26 Å². The van der Waals surface area contributed by atoms with E-state index in [2.05, 4.69) is 22.0 Å². The molecule has 0 unspecified atom stereocenters. The van der Waals surface area contributed by atoms with Crippen LogP contribution >= 0.6 is 11.6 Å². The minimum absolute atomic E-state index is 0.0157. The number of para-hydroxylation sites is 2. The average Bonchev–Trinajstić information content (AvgIpc) is 3.12. The molecule has 0 bridgehead atoms. The van der Waals surface area contributed by atoms with E-state index in [4.69, 9.17) is 11.6 Å². The molecular weight excluding hydrogens is 406 g/mol. The molecular formula is C26H20ClN3O. The second kappa shape index (κ2) is 8.91. The van der Waals surface area contributed by atoms with E-state index in [0.717, 1.165) is 22.0 Å². The number of nitrogens with one attached hydrogen (secondary N) is 1. The van der Waals surface area contributed by atoms with E-state index in [9.17, 15) is 10.1 Å². The van der Waals surface area contributed by atoms with Crippen LogP contribution in [0.2, 0.25) is 5.02 Å². The van der Waals surface area contributed by atoms with Gasteiger partial charge in [0, 0.05) is 29.2 Å². The fraction of sp³-hybridized carbons (Fsp3) is 0.0769. The van der Waals surface area contributed by atoms with Crippen molar-refractivity contribution in [3.8, 4) is 6.07 Å². The van der Waals surface area contributed by atoms with Crippen LogP contribution in [-0.4, -0.2) is 10.5 Å². The van der Waals surface area contributed by atoms with Gasteiger partial charge in [-0.25, -0.2) is 0 Å². The van der Waals surface area contributed by atoms with Crippen LogP contribution in [0, 0.1) is 18.3 Å². The summed E-state index contributed by atoms with van der Waals surface area (Å²) >= 11 is 6.22. The average molecular weight is 426 g/mol. The van der Waals surface area contributed by atoms with Crippen LogP contribution in [0.25, 0.3) is 17.0 Å². The summed E-state index contributed by atoms with van der Waals surface area (Å²) in [7, 11) is 0. The first kappa shape index (κ1) is 20.5. The molecule has 0 radical (unpaired) electrons. The number of rotatable bonds is 5. The highest BCUT2D eigenvalue weighted by Crippen LogP contribution is 2.27. The largest absolute Gasteiger partial charge is 0.342 e. The van der Waals surface area contributed by atoms with Gasteiger partial charge in [-0.05, 0) is 36.3 Å². The molecule has 0 saturated carbocycles. The Morgan fingerprint density at radius 1 is 1.06 bits per heavy atom. The third-order valence-electron chi connectivity index (χ3n) is 5.14. The number of amides is 1. The molecule has 1 heterocycles. The van der Waals surface area contributed by atoms with Crippen molar-refractivity contribution in [2.45, 2.75) is 13.5 Å². The van der Waals surface area contributed by atoms with E-state index >= 15 is 0 Å². The van der Waals surface area contributed by atoms with Crippen LogP contribution in [0.3, 0.4) is 0 Å². The van der Waals surface area contributed by atoms with Gasteiger partial charge < -0.3 is 9.88 Å². The molecule has 31 heavy (non-hydrogen) atoms. The SMILES string of the molecule is Cc1cccc(Cl)c1NC(=O)/C(C#N)=C/c1cn(Cc2ccccc2)c2ccccc12. The van der Waals surface area contributed by atoms with Gasteiger partial charge in [-0.3, -0.25) is 4.79 Å². The van der Waals surface area contributed by atoms with E-state index in [1.54, 1.807) is 12.1 Å². The van der Waals surface area contributed by atoms with E-state index in [1.807, 2.05) is 73.8 Å². The van der Waals surface area contributed by atoms with Crippen molar-refractivity contribution in [1.82, 2.24) is 4.57 Å². The van der Waals surface area contributed by atoms with Gasteiger partial charge in [-0.15, -0.1) is 0 Å². The zero-order valence-electron chi connectivity index (χ0n) is 17.0. The molecule has 4 aromatic rings. The van der Waals surface area contributed by atoms with Crippen molar-refractivity contribution < 1.29 is 4.79 Å². The maximum Gasteiger partial charge on any atom is 0.266 e.